The molecule has 1 aromatic carbocycles. The van der Waals surface area contributed by atoms with Crippen LogP contribution >= 0.6 is 0 Å². The van der Waals surface area contributed by atoms with Crippen LogP contribution in [0.3, 0.4) is 0 Å². The third kappa shape index (κ3) is 3.26. The first-order chi connectivity index (χ1) is 13.9. The number of aryl methyl sites for hydroxylation is 1. The van der Waals surface area contributed by atoms with E-state index in [-0.39, 0.29) is 36.3 Å². The van der Waals surface area contributed by atoms with Gasteiger partial charge in [-0.2, -0.15) is 0 Å². The van der Waals surface area contributed by atoms with Gasteiger partial charge in [-0.3, -0.25) is 28.8 Å². The summed E-state index contributed by atoms with van der Waals surface area (Å²) in [5.41, 5.74) is 1.18. The molecule has 3 heterocycles. The maximum atomic E-state index is 12.9. The van der Waals surface area contributed by atoms with E-state index >= 15 is 0 Å². The summed E-state index contributed by atoms with van der Waals surface area (Å²) < 4.78 is 2.80. The molecule has 1 aromatic heterocycles. The molecule has 2 aliphatic heterocycles. The van der Waals surface area contributed by atoms with Crippen LogP contribution in [0.5, 0.6) is 0 Å². The van der Waals surface area contributed by atoms with E-state index in [0.29, 0.717) is 42.5 Å². The van der Waals surface area contributed by atoms with Crippen molar-refractivity contribution in [3.63, 3.8) is 0 Å². The second kappa shape index (κ2) is 7.31. The van der Waals surface area contributed by atoms with E-state index in [2.05, 4.69) is 5.32 Å². The lowest BCUT2D eigenvalue weighted by molar-refractivity contribution is -0.135. The van der Waals surface area contributed by atoms with Gasteiger partial charge in [0.05, 0.1) is 11.0 Å². The molecule has 2 aromatic rings. The normalized spacial score (nSPS) is 20.7. The molecule has 2 aliphatic rings. The molecule has 0 spiro atoms. The summed E-state index contributed by atoms with van der Waals surface area (Å²) in [6.45, 7) is 1.05. The zero-order valence-corrected chi connectivity index (χ0v) is 16.1. The summed E-state index contributed by atoms with van der Waals surface area (Å²) in [7, 11) is 1.59. The molecule has 152 valence electrons. The quantitative estimate of drug-likeness (QED) is 0.593. The maximum Gasteiger partial charge on any atom is 0.329 e. The summed E-state index contributed by atoms with van der Waals surface area (Å²) in [4.78, 5) is 62.0. The van der Waals surface area contributed by atoms with Crippen molar-refractivity contribution in [2.75, 3.05) is 13.1 Å². The SMILES string of the molecule is Cn1c(=O)n(C2CCC(=O)NC2=O)c2ccc(C(=O)N3CCC(C=O)CC3)cc21. The summed E-state index contributed by atoms with van der Waals surface area (Å²) >= 11 is 0. The average molecular weight is 398 g/mol. The van der Waals surface area contributed by atoms with Gasteiger partial charge >= 0.3 is 5.69 Å². The smallest absolute Gasteiger partial charge is 0.329 e. The predicted molar refractivity (Wildman–Crippen MR) is 103 cm³/mol. The highest BCUT2D eigenvalue weighted by atomic mass is 16.2. The monoisotopic (exact) mass is 398 g/mol. The van der Waals surface area contributed by atoms with Crippen molar-refractivity contribution in [3.05, 3.63) is 34.2 Å². The third-order valence-electron chi connectivity index (χ3n) is 5.88. The molecule has 0 aliphatic carbocycles. The Hall–Kier alpha value is -3.23. The minimum Gasteiger partial charge on any atom is -0.339 e. The van der Waals surface area contributed by atoms with Gasteiger partial charge in [0.25, 0.3) is 5.91 Å². The van der Waals surface area contributed by atoms with Crippen LogP contribution in [0.15, 0.2) is 23.0 Å². The van der Waals surface area contributed by atoms with Crippen molar-refractivity contribution in [2.45, 2.75) is 31.7 Å². The van der Waals surface area contributed by atoms with Crippen LogP contribution in [-0.4, -0.2) is 51.1 Å². The molecule has 1 unspecified atom stereocenters. The van der Waals surface area contributed by atoms with Crippen LogP contribution in [0.4, 0.5) is 0 Å². The van der Waals surface area contributed by atoms with Gasteiger partial charge in [0.15, 0.2) is 0 Å². The van der Waals surface area contributed by atoms with Crippen molar-refractivity contribution in [2.24, 2.45) is 13.0 Å². The number of imidazole rings is 1. The average Bonchev–Trinajstić information content (AvgIpc) is 2.98. The van der Waals surface area contributed by atoms with E-state index in [9.17, 15) is 24.0 Å². The zero-order chi connectivity index (χ0) is 20.7. The van der Waals surface area contributed by atoms with Gasteiger partial charge in [-0.1, -0.05) is 0 Å². The Bertz CT molecular complexity index is 1070. The van der Waals surface area contributed by atoms with Crippen LogP contribution in [0.2, 0.25) is 0 Å². The van der Waals surface area contributed by atoms with E-state index in [1.54, 1.807) is 30.1 Å². The van der Waals surface area contributed by atoms with Crippen molar-refractivity contribution >= 4 is 35.0 Å². The van der Waals surface area contributed by atoms with Crippen LogP contribution in [0, 0.1) is 5.92 Å². The summed E-state index contributed by atoms with van der Waals surface area (Å²) in [5, 5.41) is 2.28. The van der Waals surface area contributed by atoms with E-state index < -0.39 is 11.9 Å². The zero-order valence-electron chi connectivity index (χ0n) is 16.1. The molecular weight excluding hydrogens is 376 g/mol. The number of hydrogen-bond acceptors (Lipinski definition) is 5. The van der Waals surface area contributed by atoms with Crippen molar-refractivity contribution in [1.29, 1.82) is 0 Å². The predicted octanol–water partition coefficient (Wildman–Crippen LogP) is 0.369. The highest BCUT2D eigenvalue weighted by Gasteiger charge is 2.31. The van der Waals surface area contributed by atoms with E-state index in [1.807, 2.05) is 0 Å². The third-order valence-corrected chi connectivity index (χ3v) is 5.88. The summed E-state index contributed by atoms with van der Waals surface area (Å²) in [6, 6.07) is 4.23. The number of nitrogens with one attached hydrogen (secondary N) is 1. The summed E-state index contributed by atoms with van der Waals surface area (Å²) in [5.74, 6) is -0.970. The number of hydrogen-bond donors (Lipinski definition) is 1. The van der Waals surface area contributed by atoms with Gasteiger partial charge in [-0.25, -0.2) is 4.79 Å². The molecule has 29 heavy (non-hydrogen) atoms. The number of piperidine rings is 2. The minimum atomic E-state index is -0.757. The fourth-order valence-electron chi connectivity index (χ4n) is 4.15. The summed E-state index contributed by atoms with van der Waals surface area (Å²) in [6.07, 6.45) is 2.69. The molecule has 0 saturated carbocycles. The maximum absolute atomic E-state index is 12.9. The number of benzene rings is 1. The molecule has 1 N–H and O–H groups in total. The van der Waals surface area contributed by atoms with Crippen molar-refractivity contribution in [3.8, 4) is 0 Å². The van der Waals surface area contributed by atoms with Crippen molar-refractivity contribution in [1.82, 2.24) is 19.4 Å². The van der Waals surface area contributed by atoms with Gasteiger partial charge in [-0.05, 0) is 37.5 Å². The highest BCUT2D eigenvalue weighted by Crippen LogP contribution is 2.25. The lowest BCUT2D eigenvalue weighted by Gasteiger charge is -2.29. The number of aldehydes is 1. The first-order valence-corrected chi connectivity index (χ1v) is 9.70. The molecular formula is C20H22N4O5. The second-order valence-electron chi connectivity index (χ2n) is 7.65. The van der Waals surface area contributed by atoms with E-state index in [4.69, 9.17) is 0 Å². The van der Waals surface area contributed by atoms with E-state index in [0.717, 1.165) is 6.29 Å². The Morgan fingerprint density at radius 1 is 1.10 bits per heavy atom. The Labute approximate surface area is 166 Å². The van der Waals surface area contributed by atoms with E-state index in [1.165, 1.54) is 9.13 Å². The number of likely N-dealkylation sites (tertiary alicyclic amines) is 1. The largest absolute Gasteiger partial charge is 0.339 e. The standard InChI is InChI=1S/C20H22N4O5/c1-22-16-10-13(19(28)23-8-6-12(11-25)7-9-23)2-3-14(16)24(20(22)29)15-4-5-17(26)21-18(15)27/h2-3,10-12,15H,4-9H2,1H3,(H,21,26,27). The number of nitrogens with zero attached hydrogens (tertiary/aromatic N) is 3. The topological polar surface area (TPSA) is 110 Å². The van der Waals surface area contributed by atoms with Crippen LogP contribution in [-0.2, 0) is 21.4 Å². The van der Waals surface area contributed by atoms with Gasteiger partial charge in [0, 0.05) is 38.0 Å². The molecule has 3 amide bonds. The molecule has 2 fully saturated rings. The lowest BCUT2D eigenvalue weighted by atomic mass is 9.98. The van der Waals surface area contributed by atoms with Crippen LogP contribution < -0.4 is 11.0 Å². The Morgan fingerprint density at radius 2 is 1.83 bits per heavy atom. The fourth-order valence-corrected chi connectivity index (χ4v) is 4.15. The highest BCUT2D eigenvalue weighted by molar-refractivity contribution is 6.01. The number of carbonyl (C=O) groups excluding carboxylic acids is 4. The first kappa shape index (κ1) is 19.1. The second-order valence-corrected chi connectivity index (χ2v) is 7.65. The number of rotatable bonds is 3. The van der Waals surface area contributed by atoms with Gasteiger partial charge in [-0.15, -0.1) is 0 Å². The van der Waals surface area contributed by atoms with Gasteiger partial charge in [0.1, 0.15) is 12.3 Å². The first-order valence-electron chi connectivity index (χ1n) is 9.70. The van der Waals surface area contributed by atoms with Crippen LogP contribution in [0.25, 0.3) is 11.0 Å². The van der Waals surface area contributed by atoms with Crippen LogP contribution in [0.1, 0.15) is 42.1 Å². The lowest BCUT2D eigenvalue weighted by Crippen LogP contribution is -2.44. The van der Waals surface area contributed by atoms with Crippen molar-refractivity contribution < 1.29 is 19.2 Å². The number of amides is 3. The Balaban J connectivity index is 1.67. The number of fused-ring (bicyclic) bond motifs is 1. The molecule has 2 saturated heterocycles. The molecule has 0 radical (unpaired) electrons. The van der Waals surface area contributed by atoms with Gasteiger partial charge in [0.2, 0.25) is 11.8 Å². The molecule has 0 bridgehead atoms. The Kier molecular flexibility index (Phi) is 4.81. The minimum absolute atomic E-state index is 0.00454. The number of imide groups is 1. The van der Waals surface area contributed by atoms with Gasteiger partial charge < -0.3 is 9.69 Å². The number of carbonyl (C=O) groups is 4. The number of aromatic nitrogens is 2. The fraction of sp³-hybridized carbons (Fsp3) is 0.450. The Morgan fingerprint density at radius 3 is 2.48 bits per heavy atom. The molecule has 9 heteroatoms. The molecule has 1 atom stereocenters. The molecule has 4 rings (SSSR count). The molecule has 9 nitrogen and oxygen atoms in total.